The van der Waals surface area contributed by atoms with Gasteiger partial charge in [0.15, 0.2) is 0 Å². The van der Waals surface area contributed by atoms with Crippen molar-refractivity contribution in [2.45, 2.75) is 57.8 Å². The van der Waals surface area contributed by atoms with Crippen molar-refractivity contribution in [1.29, 1.82) is 0 Å². The van der Waals surface area contributed by atoms with Crippen LogP contribution in [0.1, 0.15) is 62.5 Å². The molecule has 1 aromatic carbocycles. The van der Waals surface area contributed by atoms with Gasteiger partial charge in [0.2, 0.25) is 0 Å². The van der Waals surface area contributed by atoms with E-state index >= 15 is 0 Å². The van der Waals surface area contributed by atoms with E-state index in [4.69, 9.17) is 5.11 Å². The van der Waals surface area contributed by atoms with Crippen LogP contribution < -0.4 is 0 Å². The zero-order valence-electron chi connectivity index (χ0n) is 11.6. The molecule has 0 amide bonds. The standard InChI is InChI=1S/C17H26O/c1-2-3-4-14-5-9-16(10-6-14)17-11-7-15(13-18)8-12-17/h5-6,9-10,15,17-18H,2-4,7-8,11-13H2,1H3. The molecule has 1 N–H and O–H groups in total. The third-order valence-electron chi connectivity index (χ3n) is 4.38. The first-order valence-electron chi connectivity index (χ1n) is 7.53. The van der Waals surface area contributed by atoms with Crippen LogP contribution in [0.25, 0.3) is 0 Å². The number of aryl methyl sites for hydroxylation is 1. The molecule has 0 radical (unpaired) electrons. The first-order chi connectivity index (χ1) is 8.83. The van der Waals surface area contributed by atoms with E-state index in [1.807, 2.05) is 0 Å². The molecule has 1 fully saturated rings. The number of hydrogen-bond acceptors (Lipinski definition) is 1. The number of unbranched alkanes of at least 4 members (excludes halogenated alkanes) is 1. The summed E-state index contributed by atoms with van der Waals surface area (Å²) in [4.78, 5) is 0. The first kappa shape index (κ1) is 13.6. The van der Waals surface area contributed by atoms with E-state index in [9.17, 15) is 0 Å². The highest BCUT2D eigenvalue weighted by Crippen LogP contribution is 2.35. The molecule has 0 unspecified atom stereocenters. The van der Waals surface area contributed by atoms with Gasteiger partial charge in [-0.2, -0.15) is 0 Å². The molecule has 1 aromatic rings. The minimum Gasteiger partial charge on any atom is -0.396 e. The van der Waals surface area contributed by atoms with Gasteiger partial charge in [-0.1, -0.05) is 37.6 Å². The van der Waals surface area contributed by atoms with E-state index in [-0.39, 0.29) is 0 Å². The predicted octanol–water partition coefficient (Wildman–Crippen LogP) is 4.30. The molecule has 0 heterocycles. The molecule has 1 aliphatic rings. The van der Waals surface area contributed by atoms with Gasteiger partial charge in [0.05, 0.1) is 0 Å². The maximum atomic E-state index is 9.17. The molecule has 0 saturated heterocycles. The third kappa shape index (κ3) is 3.58. The zero-order chi connectivity index (χ0) is 12.8. The van der Waals surface area contributed by atoms with Crippen LogP contribution in [-0.4, -0.2) is 11.7 Å². The zero-order valence-corrected chi connectivity index (χ0v) is 11.6. The van der Waals surface area contributed by atoms with Crippen molar-refractivity contribution in [1.82, 2.24) is 0 Å². The number of aliphatic hydroxyl groups is 1. The summed E-state index contributed by atoms with van der Waals surface area (Å²) >= 11 is 0. The molecular weight excluding hydrogens is 220 g/mol. The van der Waals surface area contributed by atoms with Crippen molar-refractivity contribution in [3.63, 3.8) is 0 Å². The van der Waals surface area contributed by atoms with Gasteiger partial charge >= 0.3 is 0 Å². The average Bonchev–Trinajstić information content (AvgIpc) is 2.46. The Kier molecular flexibility index (Phi) is 5.25. The van der Waals surface area contributed by atoms with E-state index < -0.39 is 0 Å². The number of hydrogen-bond donors (Lipinski definition) is 1. The van der Waals surface area contributed by atoms with E-state index in [1.165, 1.54) is 56.1 Å². The van der Waals surface area contributed by atoms with Crippen molar-refractivity contribution in [2.75, 3.05) is 6.61 Å². The van der Waals surface area contributed by atoms with Crippen LogP contribution in [-0.2, 0) is 6.42 Å². The summed E-state index contributed by atoms with van der Waals surface area (Å²) in [7, 11) is 0. The maximum absolute atomic E-state index is 9.17. The molecule has 18 heavy (non-hydrogen) atoms. The Hall–Kier alpha value is -0.820. The van der Waals surface area contributed by atoms with Crippen LogP contribution in [0.4, 0.5) is 0 Å². The third-order valence-corrected chi connectivity index (χ3v) is 4.38. The van der Waals surface area contributed by atoms with Gasteiger partial charge < -0.3 is 5.11 Å². The van der Waals surface area contributed by atoms with Gasteiger partial charge in [-0.25, -0.2) is 0 Å². The fourth-order valence-corrected chi connectivity index (χ4v) is 3.02. The summed E-state index contributed by atoms with van der Waals surface area (Å²) in [6, 6.07) is 9.27. The second-order valence-electron chi connectivity index (χ2n) is 5.75. The lowest BCUT2D eigenvalue weighted by Gasteiger charge is -2.27. The predicted molar refractivity (Wildman–Crippen MR) is 76.8 cm³/mol. The molecule has 0 aromatic heterocycles. The molecule has 1 heteroatoms. The fourth-order valence-electron chi connectivity index (χ4n) is 3.02. The molecule has 2 rings (SSSR count). The van der Waals surface area contributed by atoms with Crippen LogP contribution in [0.3, 0.4) is 0 Å². The van der Waals surface area contributed by atoms with Gasteiger partial charge in [0, 0.05) is 6.61 Å². The van der Waals surface area contributed by atoms with Crippen molar-refractivity contribution < 1.29 is 5.11 Å². The quantitative estimate of drug-likeness (QED) is 0.821. The molecule has 1 nitrogen and oxygen atoms in total. The first-order valence-corrected chi connectivity index (χ1v) is 7.53. The fraction of sp³-hybridized carbons (Fsp3) is 0.647. The summed E-state index contributed by atoms with van der Waals surface area (Å²) < 4.78 is 0. The number of benzene rings is 1. The molecule has 1 saturated carbocycles. The Morgan fingerprint density at radius 2 is 1.72 bits per heavy atom. The van der Waals surface area contributed by atoms with Crippen LogP contribution in [0, 0.1) is 5.92 Å². The second kappa shape index (κ2) is 6.94. The second-order valence-corrected chi connectivity index (χ2v) is 5.75. The molecule has 100 valence electrons. The molecule has 0 atom stereocenters. The van der Waals surface area contributed by atoms with Gasteiger partial charge in [-0.05, 0) is 61.5 Å². The average molecular weight is 246 g/mol. The minimum atomic E-state index is 0.378. The summed E-state index contributed by atoms with van der Waals surface area (Å²) in [5.74, 6) is 1.29. The van der Waals surface area contributed by atoms with E-state index in [0.29, 0.717) is 12.5 Å². The van der Waals surface area contributed by atoms with Crippen LogP contribution >= 0.6 is 0 Å². The Balaban J connectivity index is 1.89. The largest absolute Gasteiger partial charge is 0.396 e. The number of rotatable bonds is 5. The molecule has 0 spiro atoms. The highest BCUT2D eigenvalue weighted by Gasteiger charge is 2.21. The summed E-state index contributed by atoms with van der Waals surface area (Å²) in [5, 5.41) is 9.17. The van der Waals surface area contributed by atoms with E-state index in [0.717, 1.165) is 5.92 Å². The van der Waals surface area contributed by atoms with Crippen molar-refractivity contribution in [2.24, 2.45) is 5.92 Å². The normalized spacial score (nSPS) is 24.1. The van der Waals surface area contributed by atoms with Crippen molar-refractivity contribution in [3.05, 3.63) is 35.4 Å². The smallest absolute Gasteiger partial charge is 0.0459 e. The summed E-state index contributed by atoms with van der Waals surface area (Å²) in [6.45, 7) is 2.62. The van der Waals surface area contributed by atoms with E-state index in [2.05, 4.69) is 31.2 Å². The molecule has 1 aliphatic carbocycles. The van der Waals surface area contributed by atoms with Crippen molar-refractivity contribution in [3.8, 4) is 0 Å². The monoisotopic (exact) mass is 246 g/mol. The Morgan fingerprint density at radius 1 is 1.06 bits per heavy atom. The molecule has 0 bridgehead atoms. The Bertz CT molecular complexity index is 333. The molecule has 0 aliphatic heterocycles. The van der Waals surface area contributed by atoms with Crippen LogP contribution in [0.15, 0.2) is 24.3 Å². The van der Waals surface area contributed by atoms with Gasteiger partial charge in [0.1, 0.15) is 0 Å². The minimum absolute atomic E-state index is 0.378. The Labute approximate surface area is 111 Å². The van der Waals surface area contributed by atoms with Crippen LogP contribution in [0.2, 0.25) is 0 Å². The lowest BCUT2D eigenvalue weighted by atomic mass is 9.79. The number of aliphatic hydroxyl groups excluding tert-OH is 1. The van der Waals surface area contributed by atoms with Crippen LogP contribution in [0.5, 0.6) is 0 Å². The van der Waals surface area contributed by atoms with E-state index in [1.54, 1.807) is 0 Å². The lowest BCUT2D eigenvalue weighted by molar-refractivity contribution is 0.182. The summed E-state index contributed by atoms with van der Waals surface area (Å²) in [6.07, 6.45) is 8.67. The highest BCUT2D eigenvalue weighted by atomic mass is 16.3. The SMILES string of the molecule is CCCCc1ccc(C2CCC(CO)CC2)cc1. The van der Waals surface area contributed by atoms with Gasteiger partial charge in [0.25, 0.3) is 0 Å². The van der Waals surface area contributed by atoms with Gasteiger partial charge in [-0.3, -0.25) is 0 Å². The van der Waals surface area contributed by atoms with Crippen molar-refractivity contribution >= 4 is 0 Å². The van der Waals surface area contributed by atoms with Gasteiger partial charge in [-0.15, -0.1) is 0 Å². The Morgan fingerprint density at radius 3 is 2.28 bits per heavy atom. The molecular formula is C17H26O. The highest BCUT2D eigenvalue weighted by molar-refractivity contribution is 5.25. The topological polar surface area (TPSA) is 20.2 Å². The lowest BCUT2D eigenvalue weighted by Crippen LogP contribution is -2.16. The maximum Gasteiger partial charge on any atom is 0.0459 e. The summed E-state index contributed by atoms with van der Waals surface area (Å²) in [5.41, 5.74) is 2.98.